The highest BCUT2D eigenvalue weighted by atomic mass is 35.5. The van der Waals surface area contributed by atoms with Gasteiger partial charge in [-0.25, -0.2) is 8.42 Å². The average Bonchev–Trinajstić information content (AvgIpc) is 3.19. The van der Waals surface area contributed by atoms with Crippen molar-refractivity contribution in [2.75, 3.05) is 19.0 Å². The number of sulfonamides is 2. The predicted octanol–water partition coefficient (Wildman–Crippen LogP) is 3.62. The third-order valence-electron chi connectivity index (χ3n) is 5.39. The fourth-order valence-electron chi connectivity index (χ4n) is 3.76. The summed E-state index contributed by atoms with van der Waals surface area (Å²) < 4.78 is 57.9. The Kier molecular flexibility index (Phi) is 7.34. The van der Waals surface area contributed by atoms with Gasteiger partial charge in [-0.1, -0.05) is 49.2 Å². The van der Waals surface area contributed by atoms with Crippen molar-refractivity contribution >= 4 is 37.5 Å². The van der Waals surface area contributed by atoms with Crippen LogP contribution in [0, 0.1) is 19.8 Å². The lowest BCUT2D eigenvalue weighted by Gasteiger charge is -2.34. The molecule has 2 aromatic rings. The molecule has 1 saturated heterocycles. The van der Waals surface area contributed by atoms with Crippen LogP contribution in [0.5, 0.6) is 0 Å². The molecule has 0 aliphatic carbocycles. The Bertz CT molecular complexity index is 1190. The van der Waals surface area contributed by atoms with Crippen LogP contribution in [0.4, 0.5) is 0 Å². The van der Waals surface area contributed by atoms with Gasteiger partial charge in [0.25, 0.3) is 10.0 Å². The van der Waals surface area contributed by atoms with Crippen LogP contribution in [0.15, 0.2) is 62.7 Å². The zero-order valence-electron chi connectivity index (χ0n) is 18.6. The molecular formula is C22H28ClN3O4S2. The number of amidine groups is 1. The van der Waals surface area contributed by atoms with Gasteiger partial charge in [0, 0.05) is 13.1 Å². The van der Waals surface area contributed by atoms with Crippen molar-refractivity contribution in [3.8, 4) is 0 Å². The third kappa shape index (κ3) is 5.01. The highest BCUT2D eigenvalue weighted by molar-refractivity contribution is 7.90. The van der Waals surface area contributed by atoms with Crippen molar-refractivity contribution in [3.05, 3.63) is 59.7 Å². The molecule has 7 nitrogen and oxygen atoms in total. The molecule has 1 heterocycles. The summed E-state index contributed by atoms with van der Waals surface area (Å²) in [5.41, 5.74) is 1.90. The normalized spacial score (nSPS) is 18.5. The summed E-state index contributed by atoms with van der Waals surface area (Å²) in [7, 11) is -7.77. The van der Waals surface area contributed by atoms with E-state index in [1.165, 1.54) is 16.4 Å². The maximum atomic E-state index is 13.4. The maximum Gasteiger partial charge on any atom is 0.283 e. The zero-order chi connectivity index (χ0) is 23.7. The van der Waals surface area contributed by atoms with Crippen molar-refractivity contribution in [2.45, 2.75) is 43.7 Å². The summed E-state index contributed by atoms with van der Waals surface area (Å²) in [4.78, 5) is 1.96. The van der Waals surface area contributed by atoms with Gasteiger partial charge in [-0.05, 0) is 44.0 Å². The summed E-state index contributed by atoms with van der Waals surface area (Å²) in [5, 5.41) is 0. The quantitative estimate of drug-likeness (QED) is 0.345. The van der Waals surface area contributed by atoms with Crippen LogP contribution < -0.4 is 0 Å². The largest absolute Gasteiger partial charge is 0.340 e. The van der Waals surface area contributed by atoms with Gasteiger partial charge in [0.15, 0.2) is 0 Å². The average molecular weight is 498 g/mol. The second-order valence-corrected chi connectivity index (χ2v) is 12.0. The Balaban J connectivity index is 1.98. The molecule has 1 unspecified atom stereocenters. The van der Waals surface area contributed by atoms with Crippen LogP contribution in [-0.2, 0) is 20.0 Å². The van der Waals surface area contributed by atoms with Gasteiger partial charge in [-0.15, -0.1) is 16.0 Å². The molecule has 1 aliphatic heterocycles. The molecule has 0 spiro atoms. The van der Waals surface area contributed by atoms with Crippen LogP contribution in [0.2, 0.25) is 0 Å². The van der Waals surface area contributed by atoms with E-state index in [1.54, 1.807) is 41.3 Å². The molecule has 0 saturated carbocycles. The molecule has 32 heavy (non-hydrogen) atoms. The molecule has 0 amide bonds. The fourth-order valence-corrected chi connectivity index (χ4v) is 6.79. The van der Waals surface area contributed by atoms with Crippen molar-refractivity contribution in [3.63, 3.8) is 0 Å². The van der Waals surface area contributed by atoms with Crippen LogP contribution in [0.3, 0.4) is 0 Å². The van der Waals surface area contributed by atoms with Gasteiger partial charge >= 0.3 is 0 Å². The summed E-state index contributed by atoms with van der Waals surface area (Å²) >= 11 is 6.13. The molecule has 1 aliphatic rings. The second kappa shape index (κ2) is 9.51. The lowest BCUT2D eigenvalue weighted by Crippen LogP contribution is -2.48. The highest BCUT2D eigenvalue weighted by Crippen LogP contribution is 2.30. The number of hydrogen-bond donors (Lipinski definition) is 0. The first-order valence-corrected chi connectivity index (χ1v) is 13.7. The lowest BCUT2D eigenvalue weighted by molar-refractivity contribution is 0.211. The number of hydrogen-bond acceptors (Lipinski definition) is 4. The minimum absolute atomic E-state index is 0.0649. The zero-order valence-corrected chi connectivity index (χ0v) is 21.0. The molecule has 10 heteroatoms. The van der Waals surface area contributed by atoms with E-state index in [2.05, 4.69) is 4.40 Å². The van der Waals surface area contributed by atoms with Crippen LogP contribution in [0.25, 0.3) is 0 Å². The smallest absolute Gasteiger partial charge is 0.283 e. The van der Waals surface area contributed by atoms with Crippen molar-refractivity contribution < 1.29 is 16.8 Å². The second-order valence-electron chi connectivity index (χ2n) is 8.21. The number of benzene rings is 2. The molecule has 3 rings (SSSR count). The van der Waals surface area contributed by atoms with Gasteiger partial charge in [0.2, 0.25) is 10.0 Å². The van der Waals surface area contributed by atoms with E-state index in [1.807, 2.05) is 27.7 Å². The third-order valence-corrected chi connectivity index (χ3v) is 8.84. The van der Waals surface area contributed by atoms with Gasteiger partial charge in [-0.2, -0.15) is 12.7 Å². The summed E-state index contributed by atoms with van der Waals surface area (Å²) in [5.74, 6) is -0.159. The van der Waals surface area contributed by atoms with Gasteiger partial charge in [0.1, 0.15) is 5.84 Å². The van der Waals surface area contributed by atoms with E-state index >= 15 is 0 Å². The molecule has 0 bridgehead atoms. The van der Waals surface area contributed by atoms with E-state index in [9.17, 15) is 16.8 Å². The topological polar surface area (TPSA) is 87.1 Å². The Morgan fingerprint density at radius 3 is 1.91 bits per heavy atom. The Labute approximate surface area is 195 Å². The first kappa shape index (κ1) is 24.7. The van der Waals surface area contributed by atoms with Gasteiger partial charge in [0.05, 0.1) is 21.8 Å². The standard InChI is InChI=1S/C22H28ClN3O4S2/c1-16(2)22-25(13-14-26(22)32(29,30)20-11-7-18(4)8-12-20)21(15-23)24-31(27,28)19-9-5-17(3)6-10-19/h5-12,16,22H,13-15H2,1-4H3/b24-21-. The molecule has 0 radical (unpaired) electrons. The maximum absolute atomic E-state index is 13.4. The minimum Gasteiger partial charge on any atom is -0.340 e. The van der Waals surface area contributed by atoms with E-state index in [0.29, 0.717) is 6.54 Å². The van der Waals surface area contributed by atoms with Crippen LogP contribution in [0.1, 0.15) is 25.0 Å². The Morgan fingerprint density at radius 1 is 0.938 bits per heavy atom. The molecule has 174 valence electrons. The number of halogens is 1. The first-order chi connectivity index (χ1) is 15.0. The molecular weight excluding hydrogens is 470 g/mol. The lowest BCUT2D eigenvalue weighted by atomic mass is 10.1. The van der Waals surface area contributed by atoms with Crippen molar-refractivity contribution in [1.82, 2.24) is 9.21 Å². The Hall–Kier alpha value is -1.94. The van der Waals surface area contributed by atoms with E-state index in [-0.39, 0.29) is 34.0 Å². The van der Waals surface area contributed by atoms with Gasteiger partial charge in [-0.3, -0.25) is 0 Å². The minimum atomic E-state index is -3.99. The number of aryl methyl sites for hydroxylation is 2. The van der Waals surface area contributed by atoms with E-state index in [0.717, 1.165) is 11.1 Å². The fraction of sp³-hybridized carbons (Fsp3) is 0.409. The first-order valence-electron chi connectivity index (χ1n) is 10.3. The highest BCUT2D eigenvalue weighted by Gasteiger charge is 2.43. The van der Waals surface area contributed by atoms with Crippen molar-refractivity contribution in [2.24, 2.45) is 10.3 Å². The SMILES string of the molecule is Cc1ccc(S(=O)(=O)/N=C(/CCl)N2CCN(S(=O)(=O)c3ccc(C)cc3)C2C(C)C)cc1. The predicted molar refractivity (Wildman–Crippen MR) is 127 cm³/mol. The number of nitrogens with zero attached hydrogens (tertiary/aromatic N) is 3. The van der Waals surface area contributed by atoms with E-state index < -0.39 is 26.2 Å². The van der Waals surface area contributed by atoms with Gasteiger partial charge < -0.3 is 4.90 Å². The summed E-state index contributed by atoms with van der Waals surface area (Å²) in [6.07, 6.45) is -0.605. The summed E-state index contributed by atoms with van der Waals surface area (Å²) in [6.45, 7) is 8.04. The molecule has 0 aromatic heterocycles. The van der Waals surface area contributed by atoms with E-state index in [4.69, 9.17) is 11.6 Å². The van der Waals surface area contributed by atoms with Crippen molar-refractivity contribution in [1.29, 1.82) is 0 Å². The van der Waals surface area contributed by atoms with Crippen LogP contribution >= 0.6 is 11.6 Å². The van der Waals surface area contributed by atoms with Crippen LogP contribution in [-0.4, -0.2) is 57.0 Å². The Morgan fingerprint density at radius 2 is 1.44 bits per heavy atom. The monoisotopic (exact) mass is 497 g/mol. The molecule has 1 fully saturated rings. The number of rotatable bonds is 6. The molecule has 1 atom stereocenters. The number of alkyl halides is 1. The molecule has 0 N–H and O–H groups in total. The summed E-state index contributed by atoms with van der Waals surface area (Å²) in [6, 6.07) is 13.1. The molecule has 2 aromatic carbocycles.